The van der Waals surface area contributed by atoms with Gasteiger partial charge >= 0.3 is 10.6 Å². The van der Waals surface area contributed by atoms with Crippen LogP contribution in [0.4, 0.5) is 17.3 Å². The standard InChI is InChI=1S/C5H4BrN5/c6-5-10-2-3(7)8-1-9-4(2)11-5/h1,10H,(H2,7,8,9)/q+1. The predicted octanol–water partition coefficient (Wildman–Crippen LogP) is 0.202. The fraction of sp³-hybridized carbons (Fsp3) is 0. The minimum atomic E-state index is 0.410. The van der Waals surface area contributed by atoms with Crippen molar-refractivity contribution >= 4 is 38.0 Å². The summed E-state index contributed by atoms with van der Waals surface area (Å²) in [6, 6.07) is 0. The van der Waals surface area contributed by atoms with Crippen LogP contribution in [-0.2, 0) is 0 Å². The van der Waals surface area contributed by atoms with Crippen molar-refractivity contribution in [3.63, 3.8) is 0 Å². The molecule has 1 radical (unpaired) electrons. The number of nitrogens with zero attached hydrogens (tertiary/aromatic N) is 3. The molecule has 1 aromatic heterocycles. The van der Waals surface area contributed by atoms with Gasteiger partial charge in [0.2, 0.25) is 5.69 Å². The van der Waals surface area contributed by atoms with Crippen LogP contribution in [0.15, 0.2) is 6.33 Å². The van der Waals surface area contributed by atoms with Crippen LogP contribution >= 0.6 is 15.9 Å². The lowest BCUT2D eigenvalue weighted by atomic mass is 10.4. The van der Waals surface area contributed by atoms with Crippen LogP contribution in [-0.4, -0.2) is 14.7 Å². The molecule has 0 aliphatic carbocycles. The van der Waals surface area contributed by atoms with E-state index >= 15 is 0 Å². The zero-order chi connectivity index (χ0) is 7.84. The highest BCUT2D eigenvalue weighted by atomic mass is 79.9. The molecule has 0 spiro atoms. The molecular formula is C5H4BrN5+. The van der Waals surface area contributed by atoms with E-state index in [0.29, 0.717) is 22.1 Å². The molecule has 0 unspecified atom stereocenters. The summed E-state index contributed by atoms with van der Waals surface area (Å²) in [4.78, 5) is 11.7. The van der Waals surface area contributed by atoms with Gasteiger partial charge in [-0.1, -0.05) is 9.98 Å². The Morgan fingerprint density at radius 3 is 3.09 bits per heavy atom. The molecule has 2 heterocycles. The van der Waals surface area contributed by atoms with Gasteiger partial charge in [-0.05, 0) is 0 Å². The number of hydrogen-bond donors (Lipinski definition) is 2. The van der Waals surface area contributed by atoms with Crippen molar-refractivity contribution in [3.8, 4) is 0 Å². The third-order valence-corrected chi connectivity index (χ3v) is 1.66. The Balaban J connectivity index is 2.59. The SMILES string of the molecule is Nc1ncnc2c1NC(Br)=[N+]2. The number of nitrogens with one attached hydrogen (secondary N) is 1. The first kappa shape index (κ1) is 6.53. The number of nitrogens with two attached hydrogens (primary N) is 1. The molecular weight excluding hydrogens is 210 g/mol. The van der Waals surface area contributed by atoms with Crippen LogP contribution in [0.5, 0.6) is 0 Å². The van der Waals surface area contributed by atoms with Crippen molar-refractivity contribution in [2.75, 3.05) is 11.1 Å². The average Bonchev–Trinajstić information content (AvgIpc) is 2.31. The fourth-order valence-corrected chi connectivity index (χ4v) is 1.18. The van der Waals surface area contributed by atoms with Crippen molar-refractivity contribution in [1.82, 2.24) is 15.0 Å². The van der Waals surface area contributed by atoms with Crippen LogP contribution in [0, 0.1) is 0 Å². The predicted molar refractivity (Wildman–Crippen MR) is 45.8 cm³/mol. The molecule has 0 saturated carbocycles. The fourth-order valence-electron chi connectivity index (χ4n) is 0.818. The van der Waals surface area contributed by atoms with Gasteiger partial charge < -0.3 is 5.73 Å². The molecule has 0 amide bonds. The summed E-state index contributed by atoms with van der Waals surface area (Å²) in [5, 5.41) is 2.88. The van der Waals surface area contributed by atoms with Crippen molar-refractivity contribution < 1.29 is 0 Å². The summed E-state index contributed by atoms with van der Waals surface area (Å²) < 4.78 is 0.611. The molecule has 0 fully saturated rings. The van der Waals surface area contributed by atoms with Crippen LogP contribution in [0.2, 0.25) is 0 Å². The Hall–Kier alpha value is -1.17. The molecule has 11 heavy (non-hydrogen) atoms. The maximum absolute atomic E-state index is 5.53. The summed E-state index contributed by atoms with van der Waals surface area (Å²) in [7, 11) is 0. The van der Waals surface area contributed by atoms with Gasteiger partial charge in [-0.15, -0.1) is 0 Å². The lowest BCUT2D eigenvalue weighted by Crippen LogP contribution is -2.02. The van der Waals surface area contributed by atoms with Gasteiger partial charge in [-0.25, -0.2) is 0 Å². The normalized spacial score (nSPS) is 13.7. The van der Waals surface area contributed by atoms with E-state index in [1.807, 2.05) is 0 Å². The number of amidine groups is 1. The molecule has 0 saturated heterocycles. The van der Waals surface area contributed by atoms with Gasteiger partial charge in [0.15, 0.2) is 12.1 Å². The quantitative estimate of drug-likeness (QED) is 0.604. The first-order chi connectivity index (χ1) is 5.27. The van der Waals surface area contributed by atoms with Gasteiger partial charge in [0.1, 0.15) is 0 Å². The molecule has 0 aromatic carbocycles. The van der Waals surface area contributed by atoms with E-state index in [0.717, 1.165) is 0 Å². The second-order valence-electron chi connectivity index (χ2n) is 1.99. The minimum absolute atomic E-state index is 0.410. The van der Waals surface area contributed by atoms with E-state index in [-0.39, 0.29) is 0 Å². The van der Waals surface area contributed by atoms with Gasteiger partial charge in [0, 0.05) is 15.9 Å². The van der Waals surface area contributed by atoms with Crippen LogP contribution in [0.25, 0.3) is 0 Å². The Labute approximate surface area is 70.9 Å². The second-order valence-corrected chi connectivity index (χ2v) is 2.74. The zero-order valence-electron chi connectivity index (χ0n) is 5.37. The Kier molecular flexibility index (Phi) is 1.28. The molecule has 0 atom stereocenters. The average molecular weight is 214 g/mol. The summed E-state index contributed by atoms with van der Waals surface area (Å²) in [6.45, 7) is 0. The van der Waals surface area contributed by atoms with Gasteiger partial charge in [-0.2, -0.15) is 4.98 Å². The number of halogens is 1. The number of nitrogen functional groups attached to an aromatic ring is 1. The molecule has 1 aliphatic rings. The lowest BCUT2D eigenvalue weighted by Gasteiger charge is -1.91. The van der Waals surface area contributed by atoms with E-state index in [9.17, 15) is 0 Å². The number of fused-ring (bicyclic) bond motifs is 1. The summed E-state index contributed by atoms with van der Waals surface area (Å²) in [5.74, 6) is 0.984. The molecule has 3 N–H and O–H groups in total. The second kappa shape index (κ2) is 2.16. The molecule has 1 aromatic rings. The monoisotopic (exact) mass is 213 g/mol. The Morgan fingerprint density at radius 2 is 2.36 bits per heavy atom. The number of anilines is 2. The Morgan fingerprint density at radius 1 is 1.55 bits per heavy atom. The number of rotatable bonds is 0. The van der Waals surface area contributed by atoms with Crippen molar-refractivity contribution in [2.24, 2.45) is 0 Å². The highest BCUT2D eigenvalue weighted by Crippen LogP contribution is 2.27. The largest absolute Gasteiger partial charge is 0.380 e. The van der Waals surface area contributed by atoms with Crippen molar-refractivity contribution in [3.05, 3.63) is 6.33 Å². The maximum Gasteiger partial charge on any atom is 0.342 e. The molecule has 2 rings (SSSR count). The third kappa shape index (κ3) is 0.949. The van der Waals surface area contributed by atoms with Crippen LogP contribution < -0.4 is 16.0 Å². The van der Waals surface area contributed by atoms with Crippen LogP contribution in [0.1, 0.15) is 0 Å². The molecule has 0 bridgehead atoms. The zero-order valence-corrected chi connectivity index (χ0v) is 6.96. The van der Waals surface area contributed by atoms with E-state index in [1.165, 1.54) is 6.33 Å². The number of aromatic nitrogens is 2. The van der Waals surface area contributed by atoms with E-state index in [2.05, 4.69) is 36.2 Å². The van der Waals surface area contributed by atoms with Crippen molar-refractivity contribution in [1.29, 1.82) is 0 Å². The van der Waals surface area contributed by atoms with E-state index in [1.54, 1.807) is 0 Å². The van der Waals surface area contributed by atoms with E-state index in [4.69, 9.17) is 5.73 Å². The molecule has 5 nitrogen and oxygen atoms in total. The molecule has 1 aliphatic heterocycles. The van der Waals surface area contributed by atoms with Crippen LogP contribution in [0.3, 0.4) is 0 Å². The summed E-state index contributed by atoms with van der Waals surface area (Å²) in [6.07, 6.45) is 1.38. The first-order valence-corrected chi connectivity index (χ1v) is 3.68. The summed E-state index contributed by atoms with van der Waals surface area (Å²) in [5.41, 5.74) is 6.19. The summed E-state index contributed by atoms with van der Waals surface area (Å²) >= 11 is 3.17. The maximum atomic E-state index is 5.53. The number of aliphatic imine (C=N–C) groups is 1. The highest BCUT2D eigenvalue weighted by molar-refractivity contribution is 9.18. The molecule has 55 valence electrons. The topological polar surface area (TPSA) is 77.9 Å². The molecule has 6 heteroatoms. The first-order valence-electron chi connectivity index (χ1n) is 2.89. The minimum Gasteiger partial charge on any atom is -0.380 e. The van der Waals surface area contributed by atoms with Gasteiger partial charge in [0.05, 0.1) is 0 Å². The third-order valence-electron chi connectivity index (χ3n) is 1.29. The lowest BCUT2D eigenvalue weighted by molar-refractivity contribution is 1.15. The van der Waals surface area contributed by atoms with Gasteiger partial charge in [0.25, 0.3) is 0 Å². The Bertz CT molecular complexity index is 334. The highest BCUT2D eigenvalue weighted by Gasteiger charge is 2.25. The van der Waals surface area contributed by atoms with E-state index < -0.39 is 0 Å². The number of hydrogen-bond acceptors (Lipinski definition) is 5. The smallest absolute Gasteiger partial charge is 0.342 e. The van der Waals surface area contributed by atoms with Crippen molar-refractivity contribution in [2.45, 2.75) is 0 Å². The van der Waals surface area contributed by atoms with Gasteiger partial charge in [-0.3, -0.25) is 5.32 Å².